The fourth-order valence-electron chi connectivity index (χ4n) is 1.78. The van der Waals surface area contributed by atoms with Crippen molar-refractivity contribution in [2.75, 3.05) is 32.8 Å². The largest absolute Gasteiger partial charge is 0.469 e. The maximum absolute atomic E-state index is 5.55. The number of ether oxygens (including phenoxy) is 1. The van der Waals surface area contributed by atoms with Gasteiger partial charge < -0.3 is 19.8 Å². The third kappa shape index (κ3) is 12.1. The first kappa shape index (κ1) is 22.0. The molecule has 0 unspecified atom stereocenters. The standard InChI is InChI=1S/C17H29N3O2.HI/c1-4-9-18-17(19-10-6-12-21-14-15(2)3)20-11-8-16-7-5-13-22-16;/h4-5,7,13,15H,1,6,8-12,14H2,2-3H3,(H2,18,19,20);1H. The molecule has 0 atom stereocenters. The van der Waals surface area contributed by atoms with Gasteiger partial charge in [-0.2, -0.15) is 0 Å². The molecule has 132 valence electrons. The van der Waals surface area contributed by atoms with E-state index in [1.54, 1.807) is 6.26 Å². The molecule has 2 N–H and O–H groups in total. The molecule has 5 nitrogen and oxygen atoms in total. The minimum atomic E-state index is 0. The van der Waals surface area contributed by atoms with Crippen LogP contribution in [0.25, 0.3) is 0 Å². The van der Waals surface area contributed by atoms with E-state index in [9.17, 15) is 0 Å². The highest BCUT2D eigenvalue weighted by atomic mass is 127. The van der Waals surface area contributed by atoms with E-state index in [0.29, 0.717) is 12.5 Å². The summed E-state index contributed by atoms with van der Waals surface area (Å²) in [5.41, 5.74) is 0. The van der Waals surface area contributed by atoms with Crippen LogP contribution >= 0.6 is 24.0 Å². The average molecular weight is 435 g/mol. The second-order valence-electron chi connectivity index (χ2n) is 5.48. The number of hydrogen-bond acceptors (Lipinski definition) is 3. The number of guanidine groups is 1. The minimum absolute atomic E-state index is 0. The quantitative estimate of drug-likeness (QED) is 0.184. The molecular weight excluding hydrogens is 405 g/mol. The molecule has 23 heavy (non-hydrogen) atoms. The molecule has 0 radical (unpaired) electrons. The summed E-state index contributed by atoms with van der Waals surface area (Å²) in [5, 5.41) is 6.50. The first-order chi connectivity index (χ1) is 10.7. The van der Waals surface area contributed by atoms with E-state index >= 15 is 0 Å². The van der Waals surface area contributed by atoms with Crippen molar-refractivity contribution in [1.82, 2.24) is 10.6 Å². The molecule has 1 heterocycles. The van der Waals surface area contributed by atoms with E-state index in [0.717, 1.165) is 50.9 Å². The molecular formula is C17H30IN3O2. The molecule has 0 aliphatic rings. The van der Waals surface area contributed by atoms with E-state index in [2.05, 4.69) is 36.1 Å². The van der Waals surface area contributed by atoms with Crippen LogP contribution in [0.1, 0.15) is 26.0 Å². The van der Waals surface area contributed by atoms with Gasteiger partial charge in [0.1, 0.15) is 5.76 Å². The van der Waals surface area contributed by atoms with E-state index in [-0.39, 0.29) is 24.0 Å². The Morgan fingerprint density at radius 3 is 2.91 bits per heavy atom. The second-order valence-corrected chi connectivity index (χ2v) is 5.48. The van der Waals surface area contributed by atoms with Crippen LogP contribution in [-0.4, -0.2) is 38.8 Å². The van der Waals surface area contributed by atoms with Crippen molar-refractivity contribution in [1.29, 1.82) is 0 Å². The Labute approximate surface area is 157 Å². The number of nitrogens with zero attached hydrogens (tertiary/aromatic N) is 1. The predicted octanol–water partition coefficient (Wildman–Crippen LogP) is 3.22. The molecule has 0 aliphatic heterocycles. The van der Waals surface area contributed by atoms with Crippen molar-refractivity contribution in [3.05, 3.63) is 36.8 Å². The van der Waals surface area contributed by atoms with Crippen LogP contribution in [0.3, 0.4) is 0 Å². The number of aliphatic imine (C=N–C) groups is 1. The molecule has 0 saturated heterocycles. The molecule has 1 rings (SSSR count). The van der Waals surface area contributed by atoms with E-state index in [1.807, 2.05) is 18.2 Å². The first-order valence-electron chi connectivity index (χ1n) is 7.95. The fourth-order valence-corrected chi connectivity index (χ4v) is 1.78. The van der Waals surface area contributed by atoms with Gasteiger partial charge in [-0.3, -0.25) is 4.99 Å². The topological polar surface area (TPSA) is 58.8 Å². The Morgan fingerprint density at radius 1 is 1.43 bits per heavy atom. The summed E-state index contributed by atoms with van der Waals surface area (Å²) in [4.78, 5) is 4.53. The average Bonchev–Trinajstić information content (AvgIpc) is 3.00. The molecule has 0 saturated carbocycles. The van der Waals surface area contributed by atoms with Gasteiger partial charge in [0.25, 0.3) is 0 Å². The molecule has 0 aliphatic carbocycles. The Morgan fingerprint density at radius 2 is 2.26 bits per heavy atom. The zero-order chi connectivity index (χ0) is 16.0. The fraction of sp³-hybridized carbons (Fsp3) is 0.588. The maximum atomic E-state index is 5.55. The Kier molecular flexibility index (Phi) is 13.9. The highest BCUT2D eigenvalue weighted by Crippen LogP contribution is 1.99. The van der Waals surface area contributed by atoms with Crippen molar-refractivity contribution in [2.24, 2.45) is 10.9 Å². The number of nitrogens with one attached hydrogen (secondary N) is 2. The van der Waals surface area contributed by atoms with Gasteiger partial charge in [-0.1, -0.05) is 19.9 Å². The lowest BCUT2D eigenvalue weighted by atomic mass is 10.2. The van der Waals surface area contributed by atoms with Gasteiger partial charge in [0.2, 0.25) is 0 Å². The summed E-state index contributed by atoms with van der Waals surface area (Å²) in [6.07, 6.45) is 5.26. The SMILES string of the molecule is C=CCNC(=NCCCOCC(C)C)NCCc1ccco1.I. The summed E-state index contributed by atoms with van der Waals surface area (Å²) in [5.74, 6) is 2.35. The molecule has 0 spiro atoms. The third-order valence-electron chi connectivity index (χ3n) is 2.83. The van der Waals surface area contributed by atoms with Crippen molar-refractivity contribution in [2.45, 2.75) is 26.7 Å². The van der Waals surface area contributed by atoms with Crippen molar-refractivity contribution in [3.8, 4) is 0 Å². The lowest BCUT2D eigenvalue weighted by molar-refractivity contribution is 0.109. The molecule has 0 bridgehead atoms. The predicted molar refractivity (Wildman–Crippen MR) is 107 cm³/mol. The van der Waals surface area contributed by atoms with Crippen LogP contribution in [0.4, 0.5) is 0 Å². The number of hydrogen-bond donors (Lipinski definition) is 2. The van der Waals surface area contributed by atoms with Crippen LogP contribution in [0.2, 0.25) is 0 Å². The second kappa shape index (κ2) is 14.6. The Bertz CT molecular complexity index is 419. The zero-order valence-electron chi connectivity index (χ0n) is 14.2. The van der Waals surface area contributed by atoms with Gasteiger partial charge in [0.15, 0.2) is 5.96 Å². The van der Waals surface area contributed by atoms with Crippen LogP contribution in [0.5, 0.6) is 0 Å². The molecule has 0 fully saturated rings. The molecule has 0 aromatic carbocycles. The summed E-state index contributed by atoms with van der Waals surface area (Å²) >= 11 is 0. The van der Waals surface area contributed by atoms with Gasteiger partial charge in [-0.25, -0.2) is 0 Å². The summed E-state index contributed by atoms with van der Waals surface area (Å²) in [6, 6.07) is 3.87. The van der Waals surface area contributed by atoms with Crippen molar-refractivity contribution in [3.63, 3.8) is 0 Å². The van der Waals surface area contributed by atoms with Gasteiger partial charge in [0, 0.05) is 39.3 Å². The molecule has 1 aromatic heterocycles. The lowest BCUT2D eigenvalue weighted by Gasteiger charge is -2.11. The first-order valence-corrected chi connectivity index (χ1v) is 7.95. The Balaban J connectivity index is 0.00000484. The summed E-state index contributed by atoms with van der Waals surface area (Å²) in [6.45, 7) is 11.8. The highest BCUT2D eigenvalue weighted by Gasteiger charge is 1.99. The van der Waals surface area contributed by atoms with Crippen molar-refractivity contribution < 1.29 is 9.15 Å². The molecule has 6 heteroatoms. The molecule has 1 aromatic rings. The highest BCUT2D eigenvalue weighted by molar-refractivity contribution is 14.0. The van der Waals surface area contributed by atoms with Crippen LogP contribution < -0.4 is 10.6 Å². The monoisotopic (exact) mass is 435 g/mol. The van der Waals surface area contributed by atoms with E-state index < -0.39 is 0 Å². The van der Waals surface area contributed by atoms with Crippen LogP contribution in [0, 0.1) is 5.92 Å². The summed E-state index contributed by atoms with van der Waals surface area (Å²) < 4.78 is 10.9. The minimum Gasteiger partial charge on any atom is -0.469 e. The van der Waals surface area contributed by atoms with Gasteiger partial charge in [-0.15, -0.1) is 30.6 Å². The van der Waals surface area contributed by atoms with Crippen molar-refractivity contribution >= 4 is 29.9 Å². The Hall–Kier alpha value is -1.02. The molecule has 0 amide bonds. The van der Waals surface area contributed by atoms with E-state index in [4.69, 9.17) is 9.15 Å². The van der Waals surface area contributed by atoms with Gasteiger partial charge in [0.05, 0.1) is 6.26 Å². The number of rotatable bonds is 11. The smallest absolute Gasteiger partial charge is 0.191 e. The number of furan rings is 1. The normalized spacial score (nSPS) is 11.2. The van der Waals surface area contributed by atoms with Gasteiger partial charge in [-0.05, 0) is 24.5 Å². The lowest BCUT2D eigenvalue weighted by Crippen LogP contribution is -2.38. The van der Waals surface area contributed by atoms with Crippen LogP contribution in [0.15, 0.2) is 40.5 Å². The third-order valence-corrected chi connectivity index (χ3v) is 2.83. The summed E-state index contributed by atoms with van der Waals surface area (Å²) in [7, 11) is 0. The van der Waals surface area contributed by atoms with E-state index in [1.165, 1.54) is 0 Å². The number of halogens is 1. The van der Waals surface area contributed by atoms with Gasteiger partial charge >= 0.3 is 0 Å². The zero-order valence-corrected chi connectivity index (χ0v) is 16.5. The maximum Gasteiger partial charge on any atom is 0.191 e. The van der Waals surface area contributed by atoms with Crippen LogP contribution in [-0.2, 0) is 11.2 Å².